The second-order valence-corrected chi connectivity index (χ2v) is 8.16. The molecule has 5 rings (SSSR count). The zero-order valence-electron chi connectivity index (χ0n) is 15.2. The van der Waals surface area contributed by atoms with E-state index < -0.39 is 0 Å². The van der Waals surface area contributed by atoms with Crippen LogP contribution in [-0.2, 0) is 0 Å². The highest BCUT2D eigenvalue weighted by Gasteiger charge is 2.34. The molecule has 3 heterocycles. The normalized spacial score (nSPS) is 13.6. The standard InChI is InChI=1S/C20H18N6OS/c1-12-7-10-16(28-12)15-11-17(23-22-15)21-20(27)18-19(13-8-9-13)26(25-24-18)14-5-3-2-4-6-14/h2-7,10-11,13H,8-9H2,1H3,(H2,21,22,23,27). The molecule has 0 saturated heterocycles. The van der Waals surface area contributed by atoms with Crippen LogP contribution in [0, 0.1) is 6.92 Å². The summed E-state index contributed by atoms with van der Waals surface area (Å²) >= 11 is 1.68. The van der Waals surface area contributed by atoms with Crippen molar-refractivity contribution in [2.75, 3.05) is 5.32 Å². The van der Waals surface area contributed by atoms with Crippen molar-refractivity contribution in [2.45, 2.75) is 25.7 Å². The van der Waals surface area contributed by atoms with Crippen molar-refractivity contribution in [2.24, 2.45) is 0 Å². The minimum atomic E-state index is -0.288. The van der Waals surface area contributed by atoms with E-state index in [2.05, 4.69) is 38.8 Å². The van der Waals surface area contributed by atoms with Gasteiger partial charge in [0.05, 0.1) is 22.0 Å². The number of benzene rings is 1. The second kappa shape index (κ2) is 6.72. The highest BCUT2D eigenvalue weighted by molar-refractivity contribution is 7.15. The number of nitrogens with one attached hydrogen (secondary N) is 2. The number of thiophene rings is 1. The number of hydrogen-bond acceptors (Lipinski definition) is 5. The number of aromatic nitrogens is 5. The highest BCUT2D eigenvalue weighted by Crippen LogP contribution is 2.42. The van der Waals surface area contributed by atoms with Gasteiger partial charge >= 0.3 is 0 Å². The summed E-state index contributed by atoms with van der Waals surface area (Å²) in [4.78, 5) is 15.2. The zero-order valence-corrected chi connectivity index (χ0v) is 16.0. The van der Waals surface area contributed by atoms with Crippen molar-refractivity contribution in [3.8, 4) is 16.3 Å². The lowest BCUT2D eigenvalue weighted by Crippen LogP contribution is -2.15. The quantitative estimate of drug-likeness (QED) is 0.536. The summed E-state index contributed by atoms with van der Waals surface area (Å²) in [5.74, 6) is 0.506. The van der Waals surface area contributed by atoms with Crippen molar-refractivity contribution in [1.29, 1.82) is 0 Å². The predicted molar refractivity (Wildman–Crippen MR) is 108 cm³/mol. The first kappa shape index (κ1) is 16.9. The van der Waals surface area contributed by atoms with Crippen LogP contribution < -0.4 is 5.32 Å². The summed E-state index contributed by atoms with van der Waals surface area (Å²) in [5.41, 5.74) is 3.02. The maximum Gasteiger partial charge on any atom is 0.279 e. The van der Waals surface area contributed by atoms with Gasteiger partial charge in [0.25, 0.3) is 5.91 Å². The molecule has 0 radical (unpaired) electrons. The molecule has 0 unspecified atom stereocenters. The summed E-state index contributed by atoms with van der Waals surface area (Å²) < 4.78 is 1.77. The average Bonchev–Trinajstić information content (AvgIpc) is 3.08. The number of H-pyrrole nitrogens is 1. The lowest BCUT2D eigenvalue weighted by Gasteiger charge is -2.06. The molecule has 2 N–H and O–H groups in total. The Morgan fingerprint density at radius 1 is 1.21 bits per heavy atom. The van der Waals surface area contributed by atoms with Gasteiger partial charge < -0.3 is 5.32 Å². The number of para-hydroxylation sites is 1. The molecular weight excluding hydrogens is 372 g/mol. The van der Waals surface area contributed by atoms with Gasteiger partial charge in [-0.3, -0.25) is 9.89 Å². The van der Waals surface area contributed by atoms with Crippen molar-refractivity contribution >= 4 is 23.1 Å². The molecule has 4 aromatic rings. The minimum absolute atomic E-state index is 0.288. The van der Waals surface area contributed by atoms with E-state index in [9.17, 15) is 4.79 Å². The van der Waals surface area contributed by atoms with Gasteiger partial charge in [-0.2, -0.15) is 5.10 Å². The topological polar surface area (TPSA) is 88.5 Å². The van der Waals surface area contributed by atoms with Crippen molar-refractivity contribution in [1.82, 2.24) is 25.2 Å². The van der Waals surface area contributed by atoms with Crippen LogP contribution in [0.2, 0.25) is 0 Å². The van der Waals surface area contributed by atoms with E-state index in [0.717, 1.165) is 34.8 Å². The monoisotopic (exact) mass is 390 g/mol. The van der Waals surface area contributed by atoms with Gasteiger partial charge in [-0.1, -0.05) is 23.4 Å². The van der Waals surface area contributed by atoms with Crippen LogP contribution in [0.1, 0.15) is 39.8 Å². The number of rotatable bonds is 5. The third-order valence-corrected chi connectivity index (χ3v) is 5.74. The molecule has 0 bridgehead atoms. The summed E-state index contributed by atoms with van der Waals surface area (Å²) in [6, 6.07) is 15.7. The maximum absolute atomic E-state index is 12.9. The molecule has 8 heteroatoms. The Bertz CT molecular complexity index is 1140. The number of aromatic amines is 1. The fourth-order valence-electron chi connectivity index (χ4n) is 3.20. The predicted octanol–water partition coefficient (Wildman–Crippen LogP) is 4.16. The summed E-state index contributed by atoms with van der Waals surface area (Å²) in [7, 11) is 0. The first-order chi connectivity index (χ1) is 13.7. The Hall–Kier alpha value is -3.26. The van der Waals surface area contributed by atoms with Gasteiger partial charge in [0.2, 0.25) is 0 Å². The summed E-state index contributed by atoms with van der Waals surface area (Å²) in [6.45, 7) is 2.06. The van der Waals surface area contributed by atoms with Crippen LogP contribution in [0.25, 0.3) is 16.3 Å². The van der Waals surface area contributed by atoms with Crippen LogP contribution in [-0.4, -0.2) is 31.1 Å². The Kier molecular flexibility index (Phi) is 4.05. The minimum Gasteiger partial charge on any atom is -0.304 e. The van der Waals surface area contributed by atoms with Gasteiger partial charge in [0, 0.05) is 16.9 Å². The first-order valence-corrected chi connectivity index (χ1v) is 9.95. The third-order valence-electron chi connectivity index (χ3n) is 4.71. The van der Waals surface area contributed by atoms with Gasteiger partial charge in [0.15, 0.2) is 11.5 Å². The number of aryl methyl sites for hydroxylation is 1. The number of carbonyl (C=O) groups excluding carboxylic acids is 1. The van der Waals surface area contributed by atoms with Gasteiger partial charge in [-0.25, -0.2) is 4.68 Å². The zero-order chi connectivity index (χ0) is 19.1. The van der Waals surface area contributed by atoms with Crippen molar-refractivity contribution < 1.29 is 4.79 Å². The molecule has 28 heavy (non-hydrogen) atoms. The fourth-order valence-corrected chi connectivity index (χ4v) is 4.03. The van der Waals surface area contributed by atoms with Crippen molar-refractivity contribution in [3.63, 3.8) is 0 Å². The van der Waals surface area contributed by atoms with E-state index in [0.29, 0.717) is 17.4 Å². The Labute approximate surface area is 165 Å². The van der Waals surface area contributed by atoms with E-state index in [1.807, 2.05) is 42.5 Å². The second-order valence-electron chi connectivity index (χ2n) is 6.88. The third kappa shape index (κ3) is 3.11. The number of carbonyl (C=O) groups is 1. The Morgan fingerprint density at radius 2 is 2.04 bits per heavy atom. The van der Waals surface area contributed by atoms with Crippen LogP contribution >= 0.6 is 11.3 Å². The molecule has 7 nitrogen and oxygen atoms in total. The number of hydrogen-bond donors (Lipinski definition) is 2. The molecule has 140 valence electrons. The molecule has 3 aromatic heterocycles. The number of nitrogens with zero attached hydrogens (tertiary/aromatic N) is 4. The van der Waals surface area contributed by atoms with Crippen molar-refractivity contribution in [3.05, 3.63) is 64.8 Å². The molecule has 1 amide bonds. The average molecular weight is 390 g/mol. The smallest absolute Gasteiger partial charge is 0.279 e. The van der Waals surface area contributed by atoms with Gasteiger partial charge in [-0.15, -0.1) is 16.4 Å². The van der Waals surface area contributed by atoms with Gasteiger partial charge in [0.1, 0.15) is 0 Å². The Morgan fingerprint density at radius 3 is 2.75 bits per heavy atom. The number of amides is 1. The lowest BCUT2D eigenvalue weighted by molar-refractivity contribution is 0.102. The first-order valence-electron chi connectivity index (χ1n) is 9.13. The van der Waals surface area contributed by atoms with Crippen LogP contribution in [0.5, 0.6) is 0 Å². The molecule has 1 saturated carbocycles. The molecule has 0 atom stereocenters. The largest absolute Gasteiger partial charge is 0.304 e. The molecule has 0 aliphatic heterocycles. The van der Waals surface area contributed by atoms with E-state index >= 15 is 0 Å². The molecule has 0 spiro atoms. The summed E-state index contributed by atoms with van der Waals surface area (Å²) in [5, 5.41) is 18.5. The van der Waals surface area contributed by atoms with Crippen LogP contribution in [0.15, 0.2) is 48.5 Å². The number of anilines is 1. The summed E-state index contributed by atoms with van der Waals surface area (Å²) in [6.07, 6.45) is 2.09. The fraction of sp³-hybridized carbons (Fsp3) is 0.200. The lowest BCUT2D eigenvalue weighted by atomic mass is 10.2. The molecular formula is C20H18N6OS. The van der Waals surface area contributed by atoms with Crippen LogP contribution in [0.4, 0.5) is 5.82 Å². The van der Waals surface area contributed by atoms with E-state index in [1.54, 1.807) is 16.0 Å². The van der Waals surface area contributed by atoms with E-state index in [4.69, 9.17) is 0 Å². The molecule has 1 aromatic carbocycles. The molecule has 1 aliphatic carbocycles. The molecule has 1 fully saturated rings. The van der Waals surface area contributed by atoms with E-state index in [-0.39, 0.29) is 5.91 Å². The molecule has 1 aliphatic rings. The van der Waals surface area contributed by atoms with Gasteiger partial charge in [-0.05, 0) is 44.0 Å². The van der Waals surface area contributed by atoms with E-state index in [1.165, 1.54) is 4.88 Å². The SMILES string of the molecule is Cc1ccc(-c2cc(NC(=O)c3nnn(-c4ccccc4)c3C3CC3)n[nH]2)s1. The highest BCUT2D eigenvalue weighted by atomic mass is 32.1. The maximum atomic E-state index is 12.9. The Balaban J connectivity index is 1.42. The van der Waals surface area contributed by atoms with Crippen LogP contribution in [0.3, 0.4) is 0 Å².